The summed E-state index contributed by atoms with van der Waals surface area (Å²) in [5.74, 6) is -2.48. The van der Waals surface area contributed by atoms with Crippen molar-refractivity contribution >= 4 is 17.7 Å². The minimum atomic E-state index is -0.903. The summed E-state index contributed by atoms with van der Waals surface area (Å²) in [7, 11) is 1.14. The van der Waals surface area contributed by atoms with Gasteiger partial charge in [-0.3, -0.25) is 4.79 Å². The van der Waals surface area contributed by atoms with E-state index in [1.165, 1.54) is 19.2 Å². The van der Waals surface area contributed by atoms with Crippen molar-refractivity contribution in [3.63, 3.8) is 0 Å². The first-order valence-corrected chi connectivity index (χ1v) is 4.06. The highest BCUT2D eigenvalue weighted by Gasteiger charge is 2.16. The van der Waals surface area contributed by atoms with Crippen LogP contribution in [0.3, 0.4) is 0 Å². The maximum Gasteiger partial charge on any atom is 0.341 e. The molecule has 6 heteroatoms. The maximum absolute atomic E-state index is 13.5. The number of esters is 1. The van der Waals surface area contributed by atoms with E-state index in [0.717, 1.165) is 7.11 Å². The van der Waals surface area contributed by atoms with Crippen LogP contribution in [0, 0.1) is 5.82 Å². The van der Waals surface area contributed by atoms with Crippen LogP contribution in [0.25, 0.3) is 0 Å². The van der Waals surface area contributed by atoms with Gasteiger partial charge in [-0.25, -0.2) is 14.2 Å². The zero-order valence-electron chi connectivity index (χ0n) is 8.20. The highest BCUT2D eigenvalue weighted by molar-refractivity contribution is 5.93. The molecule has 0 aliphatic heterocycles. The average Bonchev–Trinajstić information content (AvgIpc) is 2.19. The Morgan fingerprint density at radius 2 is 2.20 bits per heavy atom. The van der Waals surface area contributed by atoms with E-state index in [2.05, 4.69) is 15.0 Å². The quantitative estimate of drug-likeness (QED) is 0.741. The average molecular weight is 212 g/mol. The first-order chi connectivity index (χ1) is 7.06. The summed E-state index contributed by atoms with van der Waals surface area (Å²) in [6, 6.07) is 1.17. The predicted octanol–water partition coefficient (Wildman–Crippen LogP) is 0.966. The fourth-order valence-corrected chi connectivity index (χ4v) is 0.965. The molecular formula is C9H9FN2O3. The van der Waals surface area contributed by atoms with Crippen LogP contribution in [-0.4, -0.2) is 24.0 Å². The van der Waals surface area contributed by atoms with Gasteiger partial charge in [-0.2, -0.15) is 0 Å². The van der Waals surface area contributed by atoms with Crippen molar-refractivity contribution in [2.45, 2.75) is 6.92 Å². The maximum atomic E-state index is 13.5. The van der Waals surface area contributed by atoms with E-state index in [1.54, 1.807) is 0 Å². The van der Waals surface area contributed by atoms with Gasteiger partial charge in [-0.05, 0) is 6.07 Å². The van der Waals surface area contributed by atoms with Crippen molar-refractivity contribution in [3.8, 4) is 0 Å². The summed E-state index contributed by atoms with van der Waals surface area (Å²) < 4.78 is 17.8. The van der Waals surface area contributed by atoms with Crippen molar-refractivity contribution in [2.24, 2.45) is 0 Å². The van der Waals surface area contributed by atoms with E-state index in [0.29, 0.717) is 0 Å². The lowest BCUT2D eigenvalue weighted by Gasteiger charge is -2.05. The Labute approximate surface area is 85.3 Å². The molecule has 0 aliphatic carbocycles. The minimum Gasteiger partial charge on any atom is -0.465 e. The Hall–Kier alpha value is -1.98. The van der Waals surface area contributed by atoms with E-state index < -0.39 is 17.7 Å². The molecule has 1 amide bonds. The fraction of sp³-hybridized carbons (Fsp3) is 0.222. The van der Waals surface area contributed by atoms with Crippen LogP contribution in [0.5, 0.6) is 0 Å². The molecule has 1 aromatic heterocycles. The van der Waals surface area contributed by atoms with E-state index in [9.17, 15) is 14.0 Å². The lowest BCUT2D eigenvalue weighted by molar-refractivity contribution is -0.114. The number of anilines is 1. The van der Waals surface area contributed by atoms with Crippen LogP contribution < -0.4 is 5.32 Å². The predicted molar refractivity (Wildman–Crippen MR) is 49.8 cm³/mol. The van der Waals surface area contributed by atoms with E-state index in [4.69, 9.17) is 0 Å². The summed E-state index contributed by atoms with van der Waals surface area (Å²) in [6.45, 7) is 1.21. The van der Waals surface area contributed by atoms with E-state index in [-0.39, 0.29) is 11.4 Å². The molecule has 0 bridgehead atoms. The Kier molecular flexibility index (Phi) is 3.33. The molecule has 1 aromatic rings. The van der Waals surface area contributed by atoms with Crippen molar-refractivity contribution in [2.75, 3.05) is 12.4 Å². The number of pyridine rings is 1. The lowest BCUT2D eigenvalue weighted by atomic mass is 10.2. The molecule has 1 N–H and O–H groups in total. The number of carbonyl (C=O) groups excluding carboxylic acids is 2. The van der Waals surface area contributed by atoms with Crippen LogP contribution in [0.2, 0.25) is 0 Å². The normalized spacial score (nSPS) is 9.53. The highest BCUT2D eigenvalue weighted by atomic mass is 19.1. The van der Waals surface area contributed by atoms with E-state index >= 15 is 0 Å². The first kappa shape index (κ1) is 11.1. The Morgan fingerprint density at radius 1 is 1.53 bits per heavy atom. The number of methoxy groups -OCH3 is 1. The van der Waals surface area contributed by atoms with Gasteiger partial charge in [0.05, 0.1) is 7.11 Å². The van der Waals surface area contributed by atoms with Crippen LogP contribution >= 0.6 is 0 Å². The number of halogens is 1. The van der Waals surface area contributed by atoms with Gasteiger partial charge in [0, 0.05) is 13.1 Å². The Morgan fingerprint density at radius 3 is 2.73 bits per heavy atom. The number of amides is 1. The SMILES string of the molecule is COC(=O)c1ccnc(NC(C)=O)c1F. The van der Waals surface area contributed by atoms with Gasteiger partial charge in [0.15, 0.2) is 11.6 Å². The Balaban J connectivity index is 3.11. The molecule has 0 fully saturated rings. The summed E-state index contributed by atoms with van der Waals surface area (Å²) in [4.78, 5) is 25.3. The van der Waals surface area contributed by atoms with Crippen LogP contribution in [0.4, 0.5) is 10.2 Å². The third kappa shape index (κ3) is 2.49. The molecule has 0 spiro atoms. The second-order valence-corrected chi connectivity index (χ2v) is 2.69. The van der Waals surface area contributed by atoms with Gasteiger partial charge < -0.3 is 10.1 Å². The summed E-state index contributed by atoms with van der Waals surface area (Å²) >= 11 is 0. The highest BCUT2D eigenvalue weighted by Crippen LogP contribution is 2.15. The van der Waals surface area contributed by atoms with Gasteiger partial charge in [0.1, 0.15) is 5.56 Å². The molecular weight excluding hydrogens is 203 g/mol. The molecule has 0 aliphatic rings. The number of nitrogens with one attached hydrogen (secondary N) is 1. The van der Waals surface area contributed by atoms with Gasteiger partial charge >= 0.3 is 5.97 Å². The monoisotopic (exact) mass is 212 g/mol. The topological polar surface area (TPSA) is 68.3 Å². The second kappa shape index (κ2) is 4.50. The molecule has 0 atom stereocenters. The van der Waals surface area contributed by atoms with Gasteiger partial charge in [0.2, 0.25) is 5.91 Å². The molecule has 0 saturated carbocycles. The smallest absolute Gasteiger partial charge is 0.341 e. The van der Waals surface area contributed by atoms with Crippen molar-refractivity contribution in [3.05, 3.63) is 23.6 Å². The third-order valence-electron chi connectivity index (χ3n) is 1.59. The molecule has 1 rings (SSSR count). The van der Waals surface area contributed by atoms with Gasteiger partial charge in [-0.1, -0.05) is 0 Å². The molecule has 15 heavy (non-hydrogen) atoms. The number of rotatable bonds is 2. The zero-order valence-corrected chi connectivity index (χ0v) is 8.20. The number of hydrogen-bond donors (Lipinski definition) is 1. The van der Waals surface area contributed by atoms with Crippen LogP contribution in [0.15, 0.2) is 12.3 Å². The Bertz CT molecular complexity index is 406. The largest absolute Gasteiger partial charge is 0.465 e. The zero-order chi connectivity index (χ0) is 11.4. The summed E-state index contributed by atoms with van der Waals surface area (Å²) in [5, 5.41) is 2.16. The summed E-state index contributed by atoms with van der Waals surface area (Å²) in [5.41, 5.74) is -0.267. The molecule has 1 heterocycles. The number of hydrogen-bond acceptors (Lipinski definition) is 4. The standard InChI is InChI=1S/C9H9FN2O3/c1-5(13)12-8-7(10)6(3-4-11-8)9(14)15-2/h3-4H,1-2H3,(H,11,12,13). The molecule has 0 aromatic carbocycles. The molecule has 0 radical (unpaired) electrons. The third-order valence-corrected chi connectivity index (χ3v) is 1.59. The molecule has 5 nitrogen and oxygen atoms in total. The minimum absolute atomic E-state index is 0.267. The molecule has 80 valence electrons. The molecule has 0 saturated heterocycles. The van der Waals surface area contributed by atoms with Crippen molar-refractivity contribution in [1.82, 2.24) is 4.98 Å². The number of aromatic nitrogens is 1. The number of nitrogens with zero attached hydrogens (tertiary/aromatic N) is 1. The number of ether oxygens (including phenoxy) is 1. The van der Waals surface area contributed by atoms with Crippen molar-refractivity contribution < 1.29 is 18.7 Å². The van der Waals surface area contributed by atoms with E-state index in [1.807, 2.05) is 0 Å². The van der Waals surface area contributed by atoms with Crippen LogP contribution in [-0.2, 0) is 9.53 Å². The van der Waals surface area contributed by atoms with Crippen molar-refractivity contribution in [1.29, 1.82) is 0 Å². The van der Waals surface area contributed by atoms with Crippen LogP contribution in [0.1, 0.15) is 17.3 Å². The first-order valence-electron chi connectivity index (χ1n) is 4.06. The van der Waals surface area contributed by atoms with Gasteiger partial charge in [0.25, 0.3) is 0 Å². The van der Waals surface area contributed by atoms with Gasteiger partial charge in [-0.15, -0.1) is 0 Å². The summed E-state index contributed by atoms with van der Waals surface area (Å²) in [6.07, 6.45) is 1.21. The second-order valence-electron chi connectivity index (χ2n) is 2.69. The number of carbonyl (C=O) groups is 2. The molecule has 0 unspecified atom stereocenters. The lowest BCUT2D eigenvalue weighted by Crippen LogP contribution is -2.13. The fourth-order valence-electron chi connectivity index (χ4n) is 0.965.